The first kappa shape index (κ1) is 18.1. The monoisotopic (exact) mass is 339 g/mol. The van der Waals surface area contributed by atoms with Crippen molar-refractivity contribution in [2.24, 2.45) is 0 Å². The highest BCUT2D eigenvalue weighted by molar-refractivity contribution is 5.48. The van der Waals surface area contributed by atoms with Crippen molar-refractivity contribution in [2.45, 2.75) is 19.6 Å². The highest BCUT2D eigenvalue weighted by Crippen LogP contribution is 2.31. The fourth-order valence-electron chi connectivity index (χ4n) is 2.15. The lowest BCUT2D eigenvalue weighted by Crippen LogP contribution is -2.09. The number of ether oxygens (including phenoxy) is 2. The van der Waals surface area contributed by atoms with E-state index in [9.17, 15) is 13.2 Å². The van der Waals surface area contributed by atoms with Gasteiger partial charge in [-0.3, -0.25) is 0 Å². The van der Waals surface area contributed by atoms with Crippen LogP contribution in [-0.2, 0) is 17.5 Å². The Morgan fingerprint density at radius 1 is 1.00 bits per heavy atom. The third kappa shape index (κ3) is 5.45. The van der Waals surface area contributed by atoms with Crippen LogP contribution in [0.5, 0.6) is 5.75 Å². The van der Waals surface area contributed by atoms with Gasteiger partial charge in [-0.2, -0.15) is 13.2 Å². The van der Waals surface area contributed by atoms with Crippen LogP contribution in [0.15, 0.2) is 48.5 Å². The van der Waals surface area contributed by atoms with Crippen molar-refractivity contribution in [3.05, 3.63) is 59.7 Å². The number of hydrogen-bond donors (Lipinski definition) is 1. The Bertz CT molecular complexity index is 644. The third-order valence-corrected chi connectivity index (χ3v) is 3.33. The van der Waals surface area contributed by atoms with Crippen molar-refractivity contribution in [2.75, 3.05) is 25.1 Å². The number of hydrogen-bond acceptors (Lipinski definition) is 3. The van der Waals surface area contributed by atoms with Crippen LogP contribution in [0.25, 0.3) is 0 Å². The summed E-state index contributed by atoms with van der Waals surface area (Å²) in [5, 5.41) is 3.00. The summed E-state index contributed by atoms with van der Waals surface area (Å²) < 4.78 is 49.1. The number of nitrogens with one attached hydrogen (secondary N) is 1. The zero-order valence-corrected chi connectivity index (χ0v) is 13.4. The number of benzene rings is 2. The fourth-order valence-corrected chi connectivity index (χ4v) is 2.15. The lowest BCUT2D eigenvalue weighted by molar-refractivity contribution is -0.137. The zero-order chi connectivity index (χ0) is 17.4. The van der Waals surface area contributed by atoms with E-state index in [2.05, 4.69) is 5.32 Å². The first-order chi connectivity index (χ1) is 11.5. The summed E-state index contributed by atoms with van der Waals surface area (Å²) in [5.74, 6) is 0.691. The molecule has 0 unspecified atom stereocenters. The predicted molar refractivity (Wildman–Crippen MR) is 87.2 cm³/mol. The molecule has 6 heteroatoms. The summed E-state index contributed by atoms with van der Waals surface area (Å²) in [4.78, 5) is 0. The molecule has 24 heavy (non-hydrogen) atoms. The van der Waals surface area contributed by atoms with Crippen LogP contribution in [0.4, 0.5) is 18.9 Å². The molecule has 2 aromatic rings. The molecule has 0 fully saturated rings. The molecular formula is C18H20F3NO2. The van der Waals surface area contributed by atoms with Crippen molar-refractivity contribution in [3.8, 4) is 5.75 Å². The van der Waals surface area contributed by atoms with Gasteiger partial charge in [-0.1, -0.05) is 24.3 Å². The van der Waals surface area contributed by atoms with Gasteiger partial charge in [0.1, 0.15) is 12.4 Å². The number of halogens is 3. The molecule has 130 valence electrons. The first-order valence-corrected chi connectivity index (χ1v) is 7.70. The maximum atomic E-state index is 12.7. The van der Waals surface area contributed by atoms with E-state index in [1.54, 1.807) is 6.07 Å². The molecular weight excluding hydrogens is 319 g/mol. The highest BCUT2D eigenvalue weighted by Gasteiger charge is 2.30. The van der Waals surface area contributed by atoms with Crippen LogP contribution < -0.4 is 10.1 Å². The van der Waals surface area contributed by atoms with Gasteiger partial charge < -0.3 is 14.8 Å². The lowest BCUT2D eigenvalue weighted by atomic mass is 10.1. The minimum absolute atomic E-state index is 0.367. The summed E-state index contributed by atoms with van der Waals surface area (Å²) in [6.07, 6.45) is -4.35. The zero-order valence-electron chi connectivity index (χ0n) is 13.4. The molecule has 1 N–H and O–H groups in total. The van der Waals surface area contributed by atoms with Gasteiger partial charge in [0.25, 0.3) is 0 Å². The van der Waals surface area contributed by atoms with Crippen molar-refractivity contribution in [1.82, 2.24) is 0 Å². The summed E-state index contributed by atoms with van der Waals surface area (Å²) in [7, 11) is 0. The van der Waals surface area contributed by atoms with Crippen molar-refractivity contribution in [3.63, 3.8) is 0 Å². The summed E-state index contributed by atoms with van der Waals surface area (Å²) in [6, 6.07) is 12.5. The van der Waals surface area contributed by atoms with Crippen LogP contribution in [0.1, 0.15) is 18.1 Å². The van der Waals surface area contributed by atoms with E-state index in [4.69, 9.17) is 9.47 Å². The fraction of sp³-hybridized carbons (Fsp3) is 0.333. The Kier molecular flexibility index (Phi) is 6.49. The SMILES string of the molecule is CCOCCOc1ccccc1CNc1cccc(C(F)(F)F)c1. The smallest absolute Gasteiger partial charge is 0.416 e. The molecule has 0 aliphatic heterocycles. The van der Waals surface area contributed by atoms with Gasteiger partial charge in [-0.15, -0.1) is 0 Å². The molecule has 0 aliphatic carbocycles. The Labute approximate surface area is 139 Å². The van der Waals surface area contributed by atoms with Crippen molar-refractivity contribution < 1.29 is 22.6 Å². The standard InChI is InChI=1S/C18H20F3NO2/c1-2-23-10-11-24-17-9-4-3-6-14(17)13-22-16-8-5-7-15(12-16)18(19,20)21/h3-9,12,22H,2,10-11,13H2,1H3. The average Bonchev–Trinajstić information content (AvgIpc) is 2.57. The van der Waals surface area contributed by atoms with E-state index >= 15 is 0 Å². The van der Waals surface area contributed by atoms with Crippen LogP contribution in [0, 0.1) is 0 Å². The molecule has 2 aromatic carbocycles. The van der Waals surface area contributed by atoms with Gasteiger partial charge in [0.2, 0.25) is 0 Å². The molecule has 0 atom stereocenters. The Balaban J connectivity index is 1.99. The van der Waals surface area contributed by atoms with Crippen LogP contribution >= 0.6 is 0 Å². The van der Waals surface area contributed by atoms with Gasteiger partial charge in [0.15, 0.2) is 0 Å². The maximum absolute atomic E-state index is 12.7. The topological polar surface area (TPSA) is 30.5 Å². The van der Waals surface area contributed by atoms with E-state index in [0.717, 1.165) is 17.7 Å². The minimum Gasteiger partial charge on any atom is -0.491 e. The van der Waals surface area contributed by atoms with Crippen LogP contribution in [-0.4, -0.2) is 19.8 Å². The summed E-state index contributed by atoms with van der Waals surface area (Å²) in [6.45, 7) is 3.82. The summed E-state index contributed by atoms with van der Waals surface area (Å²) in [5.41, 5.74) is 0.606. The quantitative estimate of drug-likeness (QED) is 0.705. The Morgan fingerprint density at radius 3 is 2.54 bits per heavy atom. The lowest BCUT2D eigenvalue weighted by Gasteiger charge is -2.14. The third-order valence-electron chi connectivity index (χ3n) is 3.33. The molecule has 0 radical (unpaired) electrons. The Hall–Kier alpha value is -2.21. The van der Waals surface area contributed by atoms with E-state index in [1.807, 2.05) is 31.2 Å². The number of anilines is 1. The first-order valence-electron chi connectivity index (χ1n) is 7.70. The van der Waals surface area contributed by atoms with Crippen LogP contribution in [0.3, 0.4) is 0 Å². The van der Waals surface area contributed by atoms with Crippen molar-refractivity contribution >= 4 is 5.69 Å². The van der Waals surface area contributed by atoms with Gasteiger partial charge >= 0.3 is 6.18 Å². The second-order valence-corrected chi connectivity index (χ2v) is 5.09. The number of para-hydroxylation sites is 1. The number of alkyl halides is 3. The average molecular weight is 339 g/mol. The van der Waals surface area contributed by atoms with Gasteiger partial charge in [-0.25, -0.2) is 0 Å². The van der Waals surface area contributed by atoms with Crippen molar-refractivity contribution in [1.29, 1.82) is 0 Å². The molecule has 0 spiro atoms. The number of rotatable bonds is 8. The molecule has 0 aliphatic rings. The van der Waals surface area contributed by atoms with Crippen LogP contribution in [0.2, 0.25) is 0 Å². The second-order valence-electron chi connectivity index (χ2n) is 5.09. The molecule has 2 rings (SSSR count). The van der Waals surface area contributed by atoms with Gasteiger partial charge in [-0.05, 0) is 31.2 Å². The summed E-state index contributed by atoms with van der Waals surface area (Å²) >= 11 is 0. The van der Waals surface area contributed by atoms with Gasteiger partial charge in [0.05, 0.1) is 12.2 Å². The molecule has 0 saturated heterocycles. The molecule has 0 amide bonds. The minimum atomic E-state index is -4.35. The largest absolute Gasteiger partial charge is 0.491 e. The molecule has 3 nitrogen and oxygen atoms in total. The normalized spacial score (nSPS) is 11.3. The van der Waals surface area contributed by atoms with E-state index < -0.39 is 11.7 Å². The van der Waals surface area contributed by atoms with Gasteiger partial charge in [0, 0.05) is 24.4 Å². The maximum Gasteiger partial charge on any atom is 0.416 e. The molecule has 0 saturated carbocycles. The second kappa shape index (κ2) is 8.59. The highest BCUT2D eigenvalue weighted by atomic mass is 19.4. The Morgan fingerprint density at radius 2 is 1.79 bits per heavy atom. The molecule has 0 bridgehead atoms. The predicted octanol–water partition coefficient (Wildman–Crippen LogP) is 4.73. The van der Waals surface area contributed by atoms with E-state index in [1.165, 1.54) is 6.07 Å². The van der Waals surface area contributed by atoms with E-state index in [0.29, 0.717) is 37.8 Å². The molecule has 0 heterocycles. The molecule has 0 aromatic heterocycles. The van der Waals surface area contributed by atoms with E-state index in [-0.39, 0.29) is 0 Å².